The van der Waals surface area contributed by atoms with Crippen molar-refractivity contribution in [3.05, 3.63) is 86.9 Å². The summed E-state index contributed by atoms with van der Waals surface area (Å²) in [4.78, 5) is 25.9. The Balaban J connectivity index is 1.72. The number of hydrogen-bond donors (Lipinski definition) is 3. The fourth-order valence-corrected chi connectivity index (χ4v) is 4.02. The van der Waals surface area contributed by atoms with Gasteiger partial charge in [-0.1, -0.05) is 65.1 Å². The molecule has 0 spiro atoms. The molecule has 11 heteroatoms. The lowest BCUT2D eigenvalue weighted by atomic mass is 10.1. The average molecular weight is 579 g/mol. The number of ether oxygens (including phenoxy) is 2. The fourth-order valence-electron chi connectivity index (χ4n) is 3.35. The van der Waals surface area contributed by atoms with Crippen molar-refractivity contribution in [2.45, 2.75) is 32.4 Å². The third-order valence-electron chi connectivity index (χ3n) is 5.22. The van der Waals surface area contributed by atoms with Gasteiger partial charge in [0.15, 0.2) is 17.6 Å². The van der Waals surface area contributed by atoms with Gasteiger partial charge in [0, 0.05) is 11.4 Å². The van der Waals surface area contributed by atoms with E-state index in [0.717, 1.165) is 5.56 Å². The number of phenolic OH excluding ortho intramolecular Hbond substituents is 1. The zero-order valence-electron chi connectivity index (χ0n) is 20.6. The maximum absolute atomic E-state index is 13.0. The molecule has 0 aromatic heterocycles. The lowest BCUT2D eigenvalue weighted by molar-refractivity contribution is -0.132. The van der Waals surface area contributed by atoms with Crippen molar-refractivity contribution < 1.29 is 24.2 Å². The largest absolute Gasteiger partial charge is 0.503 e. The van der Waals surface area contributed by atoms with E-state index in [1.54, 1.807) is 26.0 Å². The van der Waals surface area contributed by atoms with E-state index in [-0.39, 0.29) is 33.7 Å². The molecule has 3 aromatic rings. The number of hydrogen-bond acceptors (Lipinski definition) is 6. The second-order valence-electron chi connectivity index (χ2n) is 8.10. The Bertz CT molecular complexity index is 1300. The first kappa shape index (κ1) is 29.1. The van der Waals surface area contributed by atoms with Crippen LogP contribution in [0.2, 0.25) is 15.1 Å². The van der Waals surface area contributed by atoms with Gasteiger partial charge in [-0.2, -0.15) is 5.10 Å². The van der Waals surface area contributed by atoms with Crippen molar-refractivity contribution in [1.82, 2.24) is 10.7 Å². The molecule has 2 atom stereocenters. The number of nitrogens with zero attached hydrogens (tertiary/aromatic N) is 1. The summed E-state index contributed by atoms with van der Waals surface area (Å²) in [6.45, 7) is 3.64. The van der Waals surface area contributed by atoms with Gasteiger partial charge >= 0.3 is 0 Å². The minimum Gasteiger partial charge on any atom is -0.503 e. The molecule has 0 saturated carbocycles. The molecule has 3 N–H and O–H groups in total. The highest BCUT2D eigenvalue weighted by molar-refractivity contribution is 6.35. The first-order valence-corrected chi connectivity index (χ1v) is 12.8. The molecule has 38 heavy (non-hydrogen) atoms. The number of carbonyl (C=O) groups is 2. The van der Waals surface area contributed by atoms with Gasteiger partial charge in [0.1, 0.15) is 11.8 Å². The van der Waals surface area contributed by atoms with Gasteiger partial charge < -0.3 is 19.9 Å². The number of benzene rings is 3. The lowest BCUT2D eigenvalue weighted by Gasteiger charge is -2.21. The van der Waals surface area contributed by atoms with Crippen LogP contribution in [0.5, 0.6) is 17.2 Å². The summed E-state index contributed by atoms with van der Waals surface area (Å²) >= 11 is 18.1. The molecule has 200 valence electrons. The molecule has 0 bridgehead atoms. The standard InChI is InChI=1S/C27H26Cl3N3O5/c1-3-37-24-13-18(11-21(30)25(24)34)15-31-33-27(36)22(12-17-7-5-4-6-8-17)32-26(35)16(2)38-23-10-9-19(28)14-20(23)29/h4-11,13-16,22,34H,3,12H2,1-2H3,(H,32,35)(H,33,36)/b31-15-/t16-,22-/m0/s1. The van der Waals surface area contributed by atoms with Crippen molar-refractivity contribution in [3.63, 3.8) is 0 Å². The minimum absolute atomic E-state index is 0.0766. The van der Waals surface area contributed by atoms with Gasteiger partial charge in [0.05, 0.1) is 22.9 Å². The monoisotopic (exact) mass is 577 g/mol. The second-order valence-corrected chi connectivity index (χ2v) is 9.35. The summed E-state index contributed by atoms with van der Waals surface area (Å²) in [5.74, 6) is -0.785. The Labute approximate surface area is 235 Å². The number of phenols is 1. The zero-order valence-corrected chi connectivity index (χ0v) is 22.8. The van der Waals surface area contributed by atoms with Gasteiger partial charge in [0.2, 0.25) is 0 Å². The number of nitrogens with one attached hydrogen (secondary N) is 2. The van der Waals surface area contributed by atoms with E-state index >= 15 is 0 Å². The van der Waals surface area contributed by atoms with E-state index < -0.39 is 24.0 Å². The average Bonchev–Trinajstić information content (AvgIpc) is 2.88. The number of hydrazone groups is 1. The maximum Gasteiger partial charge on any atom is 0.262 e. The molecular weight excluding hydrogens is 553 g/mol. The summed E-state index contributed by atoms with van der Waals surface area (Å²) < 4.78 is 11.0. The Morgan fingerprint density at radius 3 is 2.42 bits per heavy atom. The highest BCUT2D eigenvalue weighted by Crippen LogP contribution is 2.34. The summed E-state index contributed by atoms with van der Waals surface area (Å²) in [6, 6.07) is 15.9. The minimum atomic E-state index is -0.962. The normalized spacial score (nSPS) is 12.6. The van der Waals surface area contributed by atoms with Crippen LogP contribution >= 0.6 is 34.8 Å². The molecule has 0 saturated heterocycles. The first-order chi connectivity index (χ1) is 18.2. The number of carbonyl (C=O) groups excluding carboxylic acids is 2. The molecule has 3 rings (SSSR count). The molecule has 0 aliphatic rings. The smallest absolute Gasteiger partial charge is 0.262 e. The lowest BCUT2D eigenvalue weighted by Crippen LogP contribution is -2.50. The van der Waals surface area contributed by atoms with Gasteiger partial charge in [-0.25, -0.2) is 5.43 Å². The van der Waals surface area contributed by atoms with Gasteiger partial charge in [0.25, 0.3) is 11.8 Å². The van der Waals surface area contributed by atoms with E-state index in [1.807, 2.05) is 30.3 Å². The Hall–Kier alpha value is -3.46. The van der Waals surface area contributed by atoms with Crippen LogP contribution in [-0.2, 0) is 16.0 Å². The van der Waals surface area contributed by atoms with Crippen LogP contribution in [0, 0.1) is 0 Å². The zero-order chi connectivity index (χ0) is 27.7. The van der Waals surface area contributed by atoms with Crippen LogP contribution in [0.4, 0.5) is 0 Å². The molecule has 2 amide bonds. The molecule has 0 aliphatic carbocycles. The van der Waals surface area contributed by atoms with Crippen molar-refractivity contribution in [2.75, 3.05) is 6.61 Å². The van der Waals surface area contributed by atoms with Crippen molar-refractivity contribution in [1.29, 1.82) is 0 Å². The third kappa shape index (κ3) is 8.28. The van der Waals surface area contributed by atoms with E-state index in [2.05, 4.69) is 15.8 Å². The molecule has 0 aliphatic heterocycles. The van der Waals surface area contributed by atoms with E-state index in [9.17, 15) is 14.7 Å². The highest BCUT2D eigenvalue weighted by Gasteiger charge is 2.25. The van der Waals surface area contributed by atoms with E-state index in [1.165, 1.54) is 24.4 Å². The Morgan fingerprint density at radius 2 is 1.74 bits per heavy atom. The number of rotatable bonds is 11. The van der Waals surface area contributed by atoms with Crippen LogP contribution in [0.25, 0.3) is 0 Å². The number of amides is 2. The van der Waals surface area contributed by atoms with Crippen molar-refractivity contribution in [2.24, 2.45) is 5.10 Å². The Kier molecular flexibility index (Phi) is 10.6. The number of aromatic hydroxyl groups is 1. The molecule has 3 aromatic carbocycles. The van der Waals surface area contributed by atoms with Crippen LogP contribution in [0.1, 0.15) is 25.0 Å². The summed E-state index contributed by atoms with van der Waals surface area (Å²) in [5.41, 5.74) is 3.76. The van der Waals surface area contributed by atoms with Crippen LogP contribution in [-0.4, -0.2) is 41.9 Å². The van der Waals surface area contributed by atoms with Crippen molar-refractivity contribution in [3.8, 4) is 17.2 Å². The molecular formula is C27H26Cl3N3O5. The Morgan fingerprint density at radius 1 is 1.00 bits per heavy atom. The predicted octanol–water partition coefficient (Wildman–Crippen LogP) is 5.40. The van der Waals surface area contributed by atoms with Crippen molar-refractivity contribution >= 4 is 52.8 Å². The SMILES string of the molecule is CCOc1cc(/C=N\NC(=O)[C@H](Cc2ccccc2)NC(=O)[C@H](C)Oc2ccc(Cl)cc2Cl)cc(Cl)c1O. The molecule has 0 heterocycles. The third-order valence-corrected chi connectivity index (χ3v) is 6.04. The number of halogens is 3. The summed E-state index contributed by atoms with van der Waals surface area (Å²) in [5, 5.41) is 17.5. The maximum atomic E-state index is 13.0. The quantitative estimate of drug-likeness (QED) is 0.209. The summed E-state index contributed by atoms with van der Waals surface area (Å²) in [7, 11) is 0. The van der Waals surface area contributed by atoms with Gasteiger partial charge in [-0.3, -0.25) is 9.59 Å². The van der Waals surface area contributed by atoms with Crippen LogP contribution in [0.15, 0.2) is 65.8 Å². The predicted molar refractivity (Wildman–Crippen MR) is 149 cm³/mol. The second kappa shape index (κ2) is 13.9. The fraction of sp³-hybridized carbons (Fsp3) is 0.222. The molecule has 8 nitrogen and oxygen atoms in total. The van der Waals surface area contributed by atoms with E-state index in [0.29, 0.717) is 17.2 Å². The molecule has 0 fully saturated rings. The van der Waals surface area contributed by atoms with Gasteiger partial charge in [-0.15, -0.1) is 0 Å². The molecule has 0 radical (unpaired) electrons. The highest BCUT2D eigenvalue weighted by atomic mass is 35.5. The van der Waals surface area contributed by atoms with Gasteiger partial charge in [-0.05, 0) is 55.3 Å². The van der Waals surface area contributed by atoms with E-state index in [4.69, 9.17) is 44.3 Å². The molecule has 0 unspecified atom stereocenters. The van der Waals surface area contributed by atoms with Crippen LogP contribution in [0.3, 0.4) is 0 Å². The summed E-state index contributed by atoms with van der Waals surface area (Å²) in [6.07, 6.45) is 0.600. The topological polar surface area (TPSA) is 109 Å². The van der Waals surface area contributed by atoms with Crippen LogP contribution < -0.4 is 20.2 Å². The first-order valence-electron chi connectivity index (χ1n) is 11.6.